The number of likely N-dealkylation sites (tertiary alicyclic amines) is 1. The van der Waals surface area contributed by atoms with E-state index in [2.05, 4.69) is 34.5 Å². The Balaban J connectivity index is 1.33. The molecule has 0 aromatic heterocycles. The van der Waals surface area contributed by atoms with Crippen molar-refractivity contribution in [2.24, 2.45) is 5.92 Å². The van der Waals surface area contributed by atoms with Gasteiger partial charge in [-0.2, -0.15) is 0 Å². The summed E-state index contributed by atoms with van der Waals surface area (Å²) >= 11 is 0. The highest BCUT2D eigenvalue weighted by molar-refractivity contribution is 5.91. The van der Waals surface area contributed by atoms with Crippen LogP contribution in [0.3, 0.4) is 0 Å². The average Bonchev–Trinajstić information content (AvgIpc) is 2.74. The molecule has 1 N–H and O–H groups in total. The predicted molar refractivity (Wildman–Crippen MR) is 114 cm³/mol. The monoisotopic (exact) mass is 393 g/mol. The first-order chi connectivity index (χ1) is 14.1. The Morgan fingerprint density at radius 3 is 2.45 bits per heavy atom. The second-order valence-electron chi connectivity index (χ2n) is 7.47. The van der Waals surface area contributed by atoms with Gasteiger partial charge in [-0.1, -0.05) is 30.3 Å². The summed E-state index contributed by atoms with van der Waals surface area (Å²) in [6.07, 6.45) is 6.48. The number of nitro groups is 1. The summed E-state index contributed by atoms with van der Waals surface area (Å²) in [5, 5.41) is 13.6. The Labute approximate surface area is 171 Å². The maximum atomic E-state index is 12.0. The lowest BCUT2D eigenvalue weighted by Gasteiger charge is -2.32. The van der Waals surface area contributed by atoms with Crippen molar-refractivity contribution >= 4 is 17.7 Å². The van der Waals surface area contributed by atoms with Crippen LogP contribution in [0.1, 0.15) is 30.4 Å². The van der Waals surface area contributed by atoms with Crippen molar-refractivity contribution in [1.82, 2.24) is 10.2 Å². The minimum atomic E-state index is -0.438. The van der Waals surface area contributed by atoms with E-state index in [1.165, 1.54) is 36.6 Å². The molecule has 1 fully saturated rings. The zero-order chi connectivity index (χ0) is 20.5. The summed E-state index contributed by atoms with van der Waals surface area (Å²) in [6.45, 7) is 3.89. The van der Waals surface area contributed by atoms with Crippen LogP contribution in [-0.4, -0.2) is 35.4 Å². The van der Waals surface area contributed by atoms with E-state index in [4.69, 9.17) is 0 Å². The Kier molecular flexibility index (Phi) is 7.53. The van der Waals surface area contributed by atoms with Crippen LogP contribution in [0.5, 0.6) is 0 Å². The quantitative estimate of drug-likeness (QED) is 0.417. The molecule has 2 aromatic carbocycles. The van der Waals surface area contributed by atoms with Crippen LogP contribution < -0.4 is 5.32 Å². The molecular weight excluding hydrogens is 366 g/mol. The lowest BCUT2D eigenvalue weighted by Crippen LogP contribution is -2.34. The van der Waals surface area contributed by atoms with Crippen LogP contribution >= 0.6 is 0 Å². The van der Waals surface area contributed by atoms with Gasteiger partial charge < -0.3 is 5.32 Å². The molecule has 1 saturated heterocycles. The number of nitrogens with zero attached hydrogens (tertiary/aromatic N) is 2. The summed E-state index contributed by atoms with van der Waals surface area (Å²) in [5.74, 6) is 0.519. The highest BCUT2D eigenvalue weighted by Gasteiger charge is 2.19. The van der Waals surface area contributed by atoms with Gasteiger partial charge in [0.25, 0.3) is 5.69 Å². The fourth-order valence-corrected chi connectivity index (χ4v) is 3.61. The molecule has 0 radical (unpaired) electrons. The van der Waals surface area contributed by atoms with Crippen LogP contribution in [-0.2, 0) is 11.3 Å². The molecule has 1 amide bonds. The predicted octanol–water partition coefficient (Wildman–Crippen LogP) is 4.03. The molecule has 3 rings (SSSR count). The number of hydrogen-bond donors (Lipinski definition) is 1. The zero-order valence-corrected chi connectivity index (χ0v) is 16.5. The minimum Gasteiger partial charge on any atom is -0.353 e. The molecule has 2 aromatic rings. The summed E-state index contributed by atoms with van der Waals surface area (Å²) in [5.41, 5.74) is 2.16. The minimum absolute atomic E-state index is 0.0430. The van der Waals surface area contributed by atoms with E-state index < -0.39 is 4.92 Å². The van der Waals surface area contributed by atoms with Gasteiger partial charge in [-0.05, 0) is 67.6 Å². The number of hydrogen-bond acceptors (Lipinski definition) is 4. The standard InChI is InChI=1S/C23H27N3O3/c27-23(11-8-19-6-9-22(10-7-19)26(28)29)24-15-12-20-13-16-25(17-14-20)18-21-4-2-1-3-5-21/h1-11,20H,12-18H2,(H,24,27)/b11-8+. The fourth-order valence-electron chi connectivity index (χ4n) is 3.61. The smallest absolute Gasteiger partial charge is 0.269 e. The molecule has 6 heteroatoms. The number of rotatable bonds is 8. The van der Waals surface area contributed by atoms with E-state index in [0.717, 1.165) is 31.6 Å². The SMILES string of the molecule is O=C(/C=C/c1ccc([N+](=O)[O-])cc1)NCCC1CCN(Cc2ccccc2)CC1. The molecule has 1 aliphatic heterocycles. The van der Waals surface area contributed by atoms with Crippen molar-refractivity contribution < 1.29 is 9.72 Å². The largest absolute Gasteiger partial charge is 0.353 e. The van der Waals surface area contributed by atoms with Crippen molar-refractivity contribution in [3.8, 4) is 0 Å². The molecule has 1 aliphatic rings. The van der Waals surface area contributed by atoms with E-state index >= 15 is 0 Å². The first-order valence-electron chi connectivity index (χ1n) is 10.1. The topological polar surface area (TPSA) is 75.5 Å². The number of amides is 1. The highest BCUT2D eigenvalue weighted by atomic mass is 16.6. The van der Waals surface area contributed by atoms with Gasteiger partial charge in [-0.25, -0.2) is 0 Å². The number of nitrogens with one attached hydrogen (secondary N) is 1. The lowest BCUT2D eigenvalue weighted by atomic mass is 9.93. The molecule has 29 heavy (non-hydrogen) atoms. The van der Waals surface area contributed by atoms with Crippen molar-refractivity contribution in [2.45, 2.75) is 25.8 Å². The summed E-state index contributed by atoms with van der Waals surface area (Å²) < 4.78 is 0. The van der Waals surface area contributed by atoms with Crippen LogP contribution in [0.2, 0.25) is 0 Å². The summed E-state index contributed by atoms with van der Waals surface area (Å²) in [7, 11) is 0. The van der Waals surface area contributed by atoms with Crippen molar-refractivity contribution in [3.63, 3.8) is 0 Å². The normalized spacial score (nSPS) is 15.4. The number of nitro benzene ring substituents is 1. The third kappa shape index (κ3) is 6.84. The van der Waals surface area contributed by atoms with Crippen LogP contribution in [0.4, 0.5) is 5.69 Å². The molecule has 152 valence electrons. The van der Waals surface area contributed by atoms with Crippen LogP contribution in [0, 0.1) is 16.0 Å². The van der Waals surface area contributed by atoms with E-state index in [9.17, 15) is 14.9 Å². The number of carbonyl (C=O) groups excluding carboxylic acids is 1. The van der Waals surface area contributed by atoms with Crippen LogP contribution in [0.15, 0.2) is 60.7 Å². The Hall–Kier alpha value is -2.99. The Morgan fingerprint density at radius 1 is 1.10 bits per heavy atom. The third-order valence-corrected chi connectivity index (χ3v) is 5.34. The molecule has 0 atom stereocenters. The Morgan fingerprint density at radius 2 is 1.79 bits per heavy atom. The molecule has 0 saturated carbocycles. The van der Waals surface area contributed by atoms with Gasteiger partial charge in [-0.3, -0.25) is 19.8 Å². The van der Waals surface area contributed by atoms with Gasteiger partial charge in [0.2, 0.25) is 5.91 Å². The number of piperidine rings is 1. The Bertz CT molecular complexity index is 826. The van der Waals surface area contributed by atoms with Crippen LogP contribution in [0.25, 0.3) is 6.08 Å². The van der Waals surface area contributed by atoms with Gasteiger partial charge in [0.1, 0.15) is 0 Å². The van der Waals surface area contributed by atoms with Gasteiger partial charge in [0, 0.05) is 31.3 Å². The number of non-ortho nitro benzene ring substituents is 1. The maximum Gasteiger partial charge on any atom is 0.269 e. The van der Waals surface area contributed by atoms with Crippen molar-refractivity contribution in [3.05, 3.63) is 81.9 Å². The first-order valence-corrected chi connectivity index (χ1v) is 10.1. The summed E-state index contributed by atoms with van der Waals surface area (Å²) in [4.78, 5) is 24.7. The maximum absolute atomic E-state index is 12.0. The lowest BCUT2D eigenvalue weighted by molar-refractivity contribution is -0.384. The van der Waals surface area contributed by atoms with E-state index in [0.29, 0.717) is 12.5 Å². The van der Waals surface area contributed by atoms with E-state index in [-0.39, 0.29) is 11.6 Å². The van der Waals surface area contributed by atoms with E-state index in [1.807, 2.05) is 6.07 Å². The van der Waals surface area contributed by atoms with Crippen molar-refractivity contribution in [2.75, 3.05) is 19.6 Å². The first kappa shape index (κ1) is 20.7. The summed E-state index contributed by atoms with van der Waals surface area (Å²) in [6, 6.07) is 16.7. The molecular formula is C23H27N3O3. The van der Waals surface area contributed by atoms with Gasteiger partial charge >= 0.3 is 0 Å². The second kappa shape index (κ2) is 10.5. The molecule has 0 unspecified atom stereocenters. The van der Waals surface area contributed by atoms with Crippen molar-refractivity contribution in [1.29, 1.82) is 0 Å². The number of carbonyl (C=O) groups is 1. The average molecular weight is 393 g/mol. The molecule has 0 aliphatic carbocycles. The van der Waals surface area contributed by atoms with Gasteiger partial charge in [0.15, 0.2) is 0 Å². The van der Waals surface area contributed by atoms with Gasteiger partial charge in [-0.15, -0.1) is 0 Å². The zero-order valence-electron chi connectivity index (χ0n) is 16.5. The second-order valence-corrected chi connectivity index (χ2v) is 7.47. The molecule has 0 spiro atoms. The molecule has 6 nitrogen and oxygen atoms in total. The third-order valence-electron chi connectivity index (χ3n) is 5.34. The van der Waals surface area contributed by atoms with E-state index in [1.54, 1.807) is 18.2 Å². The molecule has 0 bridgehead atoms. The van der Waals surface area contributed by atoms with Gasteiger partial charge in [0.05, 0.1) is 4.92 Å². The fraction of sp³-hybridized carbons (Fsp3) is 0.348. The highest BCUT2D eigenvalue weighted by Crippen LogP contribution is 2.21. The molecule has 1 heterocycles. The number of benzene rings is 2.